The molecule has 1 aliphatic rings. The molecule has 5 aromatic rings. The predicted molar refractivity (Wildman–Crippen MR) is 438 cm³/mol. The Bertz CT molecular complexity index is 4620. The lowest BCUT2D eigenvalue weighted by Gasteiger charge is -2.29. The van der Waals surface area contributed by atoms with Crippen molar-refractivity contribution < 1.29 is 101 Å². The number of amides is 17. The number of unbranched alkanes of at least 4 members (excludes halogenated alkanes) is 1. The van der Waals surface area contributed by atoms with Gasteiger partial charge in [-0.15, -0.1) is 0 Å². The molecule has 122 heavy (non-hydrogen) atoms. The minimum Gasteiger partial charge on any atom is -0.497 e. The number of hydrogen-bond donors (Lipinski definition) is 24. The van der Waals surface area contributed by atoms with Crippen molar-refractivity contribution in [1.82, 2.24) is 79.4 Å². The quantitative estimate of drug-likeness (QED) is 0.0111. The summed E-state index contributed by atoms with van der Waals surface area (Å²) in [7, 11) is 1.40. The van der Waals surface area contributed by atoms with Crippen molar-refractivity contribution >= 4 is 134 Å². The number of benzene rings is 4. The number of primary amides is 4. The molecule has 1 saturated heterocycles. The summed E-state index contributed by atoms with van der Waals surface area (Å²) in [5.41, 5.74) is 35.2. The zero-order valence-corrected chi connectivity index (χ0v) is 67.5. The number of carboxylic acid groups (broad SMARTS) is 1. The fraction of sp³-hybridized carbons (Fsp3) is 0.456. The van der Waals surface area contributed by atoms with E-state index < -0.39 is 236 Å². The Morgan fingerprint density at radius 2 is 1.09 bits per heavy atom. The summed E-state index contributed by atoms with van der Waals surface area (Å²) < 4.78 is 5.38. The molecule has 30 N–H and O–H groups in total. The Balaban J connectivity index is 1.52. The molecule has 2 heterocycles. The van der Waals surface area contributed by atoms with Crippen LogP contribution in [0, 0.1) is 5.41 Å². The van der Waals surface area contributed by atoms with Gasteiger partial charge in [0.1, 0.15) is 78.3 Å². The molecule has 43 heteroatoms. The van der Waals surface area contributed by atoms with Gasteiger partial charge in [0.25, 0.3) is 0 Å². The molecular formula is C79H108N22O21. The van der Waals surface area contributed by atoms with Gasteiger partial charge >= 0.3 is 5.97 Å². The number of fused-ring (bicyclic) bond motifs is 2. The highest BCUT2D eigenvalue weighted by molar-refractivity contribution is 6.02. The predicted octanol–water partition coefficient (Wildman–Crippen LogP) is -6.37. The zero-order chi connectivity index (χ0) is 89.9. The minimum absolute atomic E-state index is 0.0464. The molecule has 0 radical (unpaired) electrons. The van der Waals surface area contributed by atoms with Crippen LogP contribution < -0.4 is 114 Å². The van der Waals surface area contributed by atoms with E-state index in [0.717, 1.165) is 19.2 Å². The van der Waals surface area contributed by atoms with E-state index in [9.17, 15) is 67.7 Å². The van der Waals surface area contributed by atoms with Gasteiger partial charge in [-0.1, -0.05) is 72.8 Å². The third-order valence-corrected chi connectivity index (χ3v) is 19.5. The van der Waals surface area contributed by atoms with Crippen LogP contribution in [-0.4, -0.2) is 233 Å². The van der Waals surface area contributed by atoms with Crippen LogP contribution in [-0.2, 0) is 106 Å². The van der Waals surface area contributed by atoms with E-state index in [1.165, 1.54) is 13.3 Å². The van der Waals surface area contributed by atoms with Crippen LogP contribution in [0.1, 0.15) is 120 Å². The summed E-state index contributed by atoms with van der Waals surface area (Å²) in [4.78, 5) is 255. The molecule has 43 nitrogen and oxygen atoms in total. The Kier molecular flexibility index (Phi) is 38.4. The van der Waals surface area contributed by atoms with E-state index in [1.807, 2.05) is 11.4 Å². The van der Waals surface area contributed by atoms with Crippen LogP contribution in [0.4, 0.5) is 0 Å². The van der Waals surface area contributed by atoms with Crippen LogP contribution >= 0.6 is 0 Å². The SMILES string of the molecule is COc1ccc(C[C@@H]2NC(=O)[C@H](CCCNC(=N)N)NC(=O)[C@H](CCC(N)=O)NC(=O)[C@H](Cc3c[nH]c4ccccc34)NC(=O)C([C@@H](C)O)NC(=O)[C@H](CC(N)=O)NC(=O)C(NC(C)=O)CCCCNC(=O)C[C@H](C(=O)N[C@@H](CC(N)=O)C(=O)N[C@@H](CC(N)=O)C(=O)O)NC(=O)[C@H](CCCCN)NC(=O)[C@H](Cc3ccc4ccccc4c3)NC2=O)cc1. The second-order valence-electron chi connectivity index (χ2n) is 29.3. The Hall–Kier alpha value is -13.9. The number of para-hydroxylation sites is 1. The Labute approximate surface area is 699 Å². The van der Waals surface area contributed by atoms with Crippen LogP contribution in [0.2, 0.25) is 0 Å². The molecule has 0 saturated carbocycles. The van der Waals surface area contributed by atoms with E-state index >= 15 is 28.8 Å². The van der Waals surface area contributed by atoms with E-state index in [4.69, 9.17) is 44.5 Å². The van der Waals surface area contributed by atoms with E-state index in [1.54, 1.807) is 84.9 Å². The summed E-state index contributed by atoms with van der Waals surface area (Å²) in [6.07, 6.45) is -7.42. The molecule has 13 atom stereocenters. The van der Waals surface area contributed by atoms with Gasteiger partial charge in [-0.25, -0.2) is 4.79 Å². The molecular weight excluding hydrogens is 1590 g/mol. The summed E-state index contributed by atoms with van der Waals surface area (Å²) >= 11 is 0. The molecule has 4 aromatic carbocycles. The van der Waals surface area contributed by atoms with Gasteiger partial charge in [0.05, 0.1) is 38.9 Å². The van der Waals surface area contributed by atoms with Gasteiger partial charge < -0.3 is 129 Å². The van der Waals surface area contributed by atoms with Crippen molar-refractivity contribution in [2.45, 2.75) is 202 Å². The highest BCUT2D eigenvalue weighted by atomic mass is 16.5. The lowest BCUT2D eigenvalue weighted by Crippen LogP contribution is -2.62. The van der Waals surface area contributed by atoms with Gasteiger partial charge in [0, 0.05) is 62.8 Å². The molecule has 660 valence electrons. The van der Waals surface area contributed by atoms with E-state index in [0.29, 0.717) is 38.7 Å². The van der Waals surface area contributed by atoms with Gasteiger partial charge in [0.15, 0.2) is 5.96 Å². The molecule has 6 rings (SSSR count). The number of hydrogen-bond acceptors (Lipinski definition) is 22. The number of nitrogens with one attached hydrogen (secondary N) is 16. The monoisotopic (exact) mass is 1700 g/mol. The minimum atomic E-state index is -2.10. The number of nitrogens with two attached hydrogens (primary N) is 6. The third kappa shape index (κ3) is 32.1. The van der Waals surface area contributed by atoms with Crippen molar-refractivity contribution in [2.75, 3.05) is 26.7 Å². The molecule has 0 spiro atoms. The Morgan fingerprint density at radius 1 is 0.557 bits per heavy atom. The standard InChI is InChI=1S/C79H108N22O21/c1-40(102)66-77(119)99-56(34-46-39-89-49-16-7-6-15-48(46)49)73(115)93-53(26-27-61(81)104)70(112)91-52(19-12-30-88-79(85)86)69(111)94-54(32-42-21-24-47(122-3)25-22-42)72(114)95-55(33-43-20-23-44-13-4-5-14-45(44)31-43)71(113)92-51(17-8-10-28-80)68(110)98-59(75(117)97-57(35-62(82)105)74(116)100-60(78(120)121)37-64(84)107)38-65(108)87-29-11-9-18-50(90-41(2)103)67(109)96-58(36-63(83)106)76(118)101-66/h4-7,13-16,20-25,31,39-40,50-60,66,89,102H,8-12,17-19,26-30,32-38,80H2,1-3H3,(H2,81,104)(H2,82,105)(H2,83,106)(H2,84,107)(H,87,108)(H,90,103)(H,91,112)(H,92,113)(H,93,115)(H,94,111)(H,95,114)(H,96,109)(H,97,117)(H,98,110)(H,99,119)(H,100,116)(H,101,118)(H,120,121)(H4,85,86,88)/t40-,50?,51+,52+,53+,54+,55+,56+,57+,58+,59-,60+,66?/m1/s1. The summed E-state index contributed by atoms with van der Waals surface area (Å²) in [5, 5.41) is 65.3. The van der Waals surface area contributed by atoms with E-state index in [-0.39, 0.29) is 83.8 Å². The third-order valence-electron chi connectivity index (χ3n) is 19.5. The van der Waals surface area contributed by atoms with Gasteiger partial charge in [-0.3, -0.25) is 86.9 Å². The highest BCUT2D eigenvalue weighted by Crippen LogP contribution is 2.22. The maximum absolute atomic E-state index is 15.5. The number of methoxy groups -OCH3 is 1. The molecule has 1 aliphatic heterocycles. The fourth-order valence-corrected chi connectivity index (χ4v) is 13.1. The lowest BCUT2D eigenvalue weighted by molar-refractivity contribution is -0.144. The van der Waals surface area contributed by atoms with Crippen molar-refractivity contribution in [3.8, 4) is 5.75 Å². The summed E-state index contributed by atoms with van der Waals surface area (Å²) in [5.74, 6) is -21.5. The molecule has 0 aliphatic carbocycles. The number of aromatic nitrogens is 1. The average molecular weight is 1700 g/mol. The first-order valence-corrected chi connectivity index (χ1v) is 39.3. The largest absolute Gasteiger partial charge is 0.497 e. The van der Waals surface area contributed by atoms with Crippen molar-refractivity contribution in [3.05, 3.63) is 114 Å². The number of carbonyl (C=O) groups excluding carboxylic acids is 17. The van der Waals surface area contributed by atoms with Crippen LogP contribution in [0.25, 0.3) is 21.7 Å². The number of aliphatic hydroxyl groups excluding tert-OH is 1. The van der Waals surface area contributed by atoms with Crippen molar-refractivity contribution in [2.24, 2.45) is 34.4 Å². The number of aliphatic carboxylic acids is 1. The van der Waals surface area contributed by atoms with Crippen LogP contribution in [0.5, 0.6) is 5.75 Å². The average Bonchev–Trinajstić information content (AvgIpc) is 1.74. The first-order chi connectivity index (χ1) is 57.9. The van der Waals surface area contributed by atoms with Crippen LogP contribution in [0.3, 0.4) is 0 Å². The summed E-state index contributed by atoms with van der Waals surface area (Å²) in [6, 6.07) is 3.03. The van der Waals surface area contributed by atoms with Gasteiger partial charge in [-0.2, -0.15) is 0 Å². The maximum atomic E-state index is 15.5. The molecule has 1 aromatic heterocycles. The number of H-pyrrole nitrogens is 1. The normalized spacial score (nSPS) is 21.4. The molecule has 1 fully saturated rings. The second-order valence-corrected chi connectivity index (χ2v) is 29.3. The van der Waals surface area contributed by atoms with Gasteiger partial charge in [-0.05, 0) is 117 Å². The fourth-order valence-electron chi connectivity index (χ4n) is 13.1. The smallest absolute Gasteiger partial charge is 0.326 e. The second kappa shape index (κ2) is 48.3. The number of guanidine groups is 1. The first kappa shape index (κ1) is 97.0. The van der Waals surface area contributed by atoms with Gasteiger partial charge in [0.2, 0.25) is 100 Å². The molecule has 0 bridgehead atoms. The lowest BCUT2D eigenvalue weighted by atomic mass is 9.99. The van der Waals surface area contributed by atoms with Crippen LogP contribution in [0.15, 0.2) is 97.2 Å². The topological polar surface area (TPSA) is 721 Å². The van der Waals surface area contributed by atoms with E-state index in [2.05, 4.69) is 74.1 Å². The Morgan fingerprint density at radius 3 is 1.67 bits per heavy atom. The maximum Gasteiger partial charge on any atom is 0.326 e. The van der Waals surface area contributed by atoms with Crippen molar-refractivity contribution in [3.63, 3.8) is 0 Å². The number of ether oxygens (including phenoxy) is 1. The zero-order valence-electron chi connectivity index (χ0n) is 67.5. The summed E-state index contributed by atoms with van der Waals surface area (Å²) in [6.45, 7) is 1.77. The van der Waals surface area contributed by atoms with Crippen molar-refractivity contribution in [1.29, 1.82) is 5.41 Å². The number of aromatic amines is 1. The number of carbonyl (C=O) groups is 18. The number of rotatable bonds is 31. The molecule has 17 amide bonds. The number of aliphatic hydroxyl groups is 1. The number of carboxylic acids is 1. The highest BCUT2D eigenvalue weighted by Gasteiger charge is 2.40. The molecule has 2 unspecified atom stereocenters. The first-order valence-electron chi connectivity index (χ1n) is 39.3.